The van der Waals surface area contributed by atoms with Gasteiger partial charge in [-0.05, 0) is 19.3 Å². The largest absolute Gasteiger partial charge is 0.480 e. The molecule has 0 radical (unpaired) electrons. The zero-order valence-electron chi connectivity index (χ0n) is 10.8. The molecule has 0 aromatic carbocycles. The van der Waals surface area contributed by atoms with Crippen molar-refractivity contribution in [3.63, 3.8) is 0 Å². The average Bonchev–Trinajstić information content (AvgIpc) is 2.84. The molecular weight excluding hydrogens is 252 g/mol. The predicted octanol–water partition coefficient (Wildman–Crippen LogP) is -0.804. The molecule has 0 aliphatic carbocycles. The Balaban J connectivity index is 1.79. The van der Waals surface area contributed by atoms with E-state index in [1.807, 2.05) is 0 Å². The molecule has 0 spiro atoms. The Labute approximate surface area is 111 Å². The quantitative estimate of drug-likeness (QED) is 0.694. The Bertz CT molecular complexity index is 346. The van der Waals surface area contributed by atoms with E-state index in [4.69, 9.17) is 20.3 Å². The van der Waals surface area contributed by atoms with Gasteiger partial charge in [0.05, 0.1) is 12.7 Å². The molecule has 0 aromatic heterocycles. The second kappa shape index (κ2) is 5.85. The Morgan fingerprint density at radius 3 is 2.63 bits per heavy atom. The highest BCUT2D eigenvalue weighted by molar-refractivity contribution is 5.86. The fraction of sp³-hybridized carbons (Fsp3) is 0.833. The van der Waals surface area contributed by atoms with Gasteiger partial charge in [0.2, 0.25) is 5.91 Å². The van der Waals surface area contributed by atoms with Crippen LogP contribution in [0.5, 0.6) is 0 Å². The van der Waals surface area contributed by atoms with Crippen molar-refractivity contribution in [2.45, 2.75) is 30.9 Å². The van der Waals surface area contributed by atoms with Gasteiger partial charge in [-0.2, -0.15) is 0 Å². The lowest BCUT2D eigenvalue weighted by molar-refractivity contribution is -0.148. The molecule has 19 heavy (non-hydrogen) atoms. The number of carbonyl (C=O) groups is 2. The minimum Gasteiger partial charge on any atom is -0.480 e. The van der Waals surface area contributed by atoms with Gasteiger partial charge in [0.15, 0.2) is 0 Å². The Hall–Kier alpha value is -1.18. The van der Waals surface area contributed by atoms with Crippen LogP contribution >= 0.6 is 0 Å². The van der Waals surface area contributed by atoms with Crippen LogP contribution in [-0.2, 0) is 19.1 Å². The summed E-state index contributed by atoms with van der Waals surface area (Å²) in [4.78, 5) is 24.4. The van der Waals surface area contributed by atoms with E-state index >= 15 is 0 Å². The molecule has 2 aliphatic rings. The first kappa shape index (κ1) is 14.2. The maximum atomic E-state index is 12.3. The molecule has 3 N–H and O–H groups in total. The first-order chi connectivity index (χ1) is 9.01. The number of aliphatic carboxylic acids is 1. The average molecular weight is 272 g/mol. The van der Waals surface area contributed by atoms with E-state index in [-0.39, 0.29) is 25.2 Å². The first-order valence-electron chi connectivity index (χ1n) is 6.51. The maximum Gasteiger partial charge on any atom is 0.329 e. The normalized spacial score (nSPS) is 28.6. The van der Waals surface area contributed by atoms with Crippen LogP contribution in [0.3, 0.4) is 0 Å². The molecule has 1 atom stereocenters. The summed E-state index contributed by atoms with van der Waals surface area (Å²) in [6.45, 7) is 1.64. The van der Waals surface area contributed by atoms with Crippen molar-refractivity contribution in [3.05, 3.63) is 0 Å². The lowest BCUT2D eigenvalue weighted by Gasteiger charge is -2.35. The lowest BCUT2D eigenvalue weighted by atomic mass is 9.96. The summed E-state index contributed by atoms with van der Waals surface area (Å²) in [6, 6.07) is 0. The van der Waals surface area contributed by atoms with Crippen LogP contribution in [0.2, 0.25) is 0 Å². The summed E-state index contributed by atoms with van der Waals surface area (Å²) >= 11 is 0. The standard InChI is InChI=1S/C12H20N2O5/c13-12(3-6-18-8-12)11(17)14-4-1-9(2-5-14)19-7-10(15)16/h9H,1-8,13H2,(H,15,16). The molecule has 1 amide bonds. The van der Waals surface area contributed by atoms with E-state index in [2.05, 4.69) is 0 Å². The number of carboxylic acids is 1. The fourth-order valence-corrected chi connectivity index (χ4v) is 2.48. The summed E-state index contributed by atoms with van der Waals surface area (Å²) in [5.74, 6) is -1.04. The van der Waals surface area contributed by atoms with Crippen LogP contribution in [0.1, 0.15) is 19.3 Å². The van der Waals surface area contributed by atoms with Crippen molar-refractivity contribution < 1.29 is 24.2 Å². The number of carboxylic acid groups (broad SMARTS) is 1. The second-order valence-electron chi connectivity index (χ2n) is 5.16. The van der Waals surface area contributed by atoms with E-state index in [0.29, 0.717) is 39.0 Å². The minimum atomic E-state index is -0.970. The molecule has 0 bridgehead atoms. The van der Waals surface area contributed by atoms with Crippen LogP contribution in [0.4, 0.5) is 0 Å². The Kier molecular flexibility index (Phi) is 4.38. The van der Waals surface area contributed by atoms with Gasteiger partial charge >= 0.3 is 5.97 Å². The van der Waals surface area contributed by atoms with Gasteiger partial charge < -0.3 is 25.2 Å². The molecule has 0 saturated carbocycles. The van der Waals surface area contributed by atoms with E-state index < -0.39 is 11.5 Å². The van der Waals surface area contributed by atoms with Gasteiger partial charge in [-0.25, -0.2) is 4.79 Å². The Morgan fingerprint density at radius 1 is 1.42 bits per heavy atom. The van der Waals surface area contributed by atoms with Gasteiger partial charge in [0, 0.05) is 19.7 Å². The third-order valence-corrected chi connectivity index (χ3v) is 3.65. The molecule has 7 heteroatoms. The summed E-state index contributed by atoms with van der Waals surface area (Å²) in [6.07, 6.45) is 1.77. The number of ether oxygens (including phenoxy) is 2. The first-order valence-corrected chi connectivity index (χ1v) is 6.51. The van der Waals surface area contributed by atoms with Crippen LogP contribution in [-0.4, -0.2) is 66.4 Å². The van der Waals surface area contributed by atoms with Gasteiger partial charge in [0.25, 0.3) is 0 Å². The Morgan fingerprint density at radius 2 is 2.11 bits per heavy atom. The summed E-state index contributed by atoms with van der Waals surface area (Å²) in [5, 5.41) is 8.54. The summed E-state index contributed by atoms with van der Waals surface area (Å²) in [7, 11) is 0. The zero-order valence-corrected chi connectivity index (χ0v) is 10.8. The van der Waals surface area contributed by atoms with E-state index in [0.717, 1.165) is 0 Å². The van der Waals surface area contributed by atoms with Crippen molar-refractivity contribution in [2.24, 2.45) is 5.73 Å². The van der Waals surface area contributed by atoms with Crippen molar-refractivity contribution in [3.8, 4) is 0 Å². The second-order valence-corrected chi connectivity index (χ2v) is 5.16. The van der Waals surface area contributed by atoms with Gasteiger partial charge in [0.1, 0.15) is 12.1 Å². The summed E-state index contributed by atoms with van der Waals surface area (Å²) < 4.78 is 10.4. The van der Waals surface area contributed by atoms with Gasteiger partial charge in [-0.15, -0.1) is 0 Å². The van der Waals surface area contributed by atoms with Gasteiger partial charge in [-0.1, -0.05) is 0 Å². The molecule has 108 valence electrons. The zero-order chi connectivity index (χ0) is 13.9. The van der Waals surface area contributed by atoms with Crippen LogP contribution in [0, 0.1) is 0 Å². The lowest BCUT2D eigenvalue weighted by Crippen LogP contribution is -2.57. The molecule has 2 fully saturated rings. The predicted molar refractivity (Wildman–Crippen MR) is 65.5 cm³/mol. The maximum absolute atomic E-state index is 12.3. The van der Waals surface area contributed by atoms with Crippen LogP contribution in [0.15, 0.2) is 0 Å². The van der Waals surface area contributed by atoms with Crippen LogP contribution < -0.4 is 5.73 Å². The topological polar surface area (TPSA) is 102 Å². The van der Waals surface area contributed by atoms with Crippen LogP contribution in [0.25, 0.3) is 0 Å². The highest BCUT2D eigenvalue weighted by Crippen LogP contribution is 2.22. The molecule has 1 unspecified atom stereocenters. The number of nitrogens with zero attached hydrogens (tertiary/aromatic N) is 1. The third-order valence-electron chi connectivity index (χ3n) is 3.65. The highest BCUT2D eigenvalue weighted by Gasteiger charge is 2.41. The molecular formula is C12H20N2O5. The molecule has 2 heterocycles. The van der Waals surface area contributed by atoms with Crippen molar-refractivity contribution in [1.82, 2.24) is 4.90 Å². The number of likely N-dealkylation sites (tertiary alicyclic amines) is 1. The molecule has 2 saturated heterocycles. The van der Waals surface area contributed by atoms with E-state index in [1.165, 1.54) is 0 Å². The van der Waals surface area contributed by atoms with E-state index in [9.17, 15) is 9.59 Å². The number of piperidine rings is 1. The number of hydrogen-bond donors (Lipinski definition) is 2. The monoisotopic (exact) mass is 272 g/mol. The van der Waals surface area contributed by atoms with Gasteiger partial charge in [-0.3, -0.25) is 4.79 Å². The third kappa shape index (κ3) is 3.43. The number of rotatable bonds is 4. The molecule has 7 nitrogen and oxygen atoms in total. The minimum absolute atomic E-state index is 0.0679. The number of hydrogen-bond acceptors (Lipinski definition) is 5. The highest BCUT2D eigenvalue weighted by atomic mass is 16.5. The van der Waals surface area contributed by atoms with Crippen molar-refractivity contribution in [2.75, 3.05) is 32.9 Å². The molecule has 2 rings (SSSR count). The molecule has 2 aliphatic heterocycles. The fourth-order valence-electron chi connectivity index (χ4n) is 2.48. The number of nitrogens with two attached hydrogens (primary N) is 1. The van der Waals surface area contributed by atoms with Crippen molar-refractivity contribution in [1.29, 1.82) is 0 Å². The smallest absolute Gasteiger partial charge is 0.329 e. The SMILES string of the molecule is NC1(C(=O)N2CCC(OCC(=O)O)CC2)CCOC1. The van der Waals surface area contributed by atoms with Crippen molar-refractivity contribution >= 4 is 11.9 Å². The molecule has 0 aromatic rings. The summed E-state index contributed by atoms with van der Waals surface area (Å²) in [5.41, 5.74) is 5.16. The number of amides is 1. The van der Waals surface area contributed by atoms with E-state index in [1.54, 1.807) is 4.90 Å². The number of carbonyl (C=O) groups excluding carboxylic acids is 1.